The number of carbonyl (C=O) groups is 1. The molecule has 3 fully saturated rings. The molecule has 2 N–H and O–H groups in total. The fraction of sp³-hybridized carbons (Fsp3) is 0.621. The molecular weight excluding hydrogens is 642 g/mol. The van der Waals surface area contributed by atoms with Crippen LogP contribution in [0.3, 0.4) is 0 Å². The number of hydrogen-bond acceptors (Lipinski definition) is 11. The van der Waals surface area contributed by atoms with Gasteiger partial charge in [0.2, 0.25) is 0 Å². The van der Waals surface area contributed by atoms with E-state index < -0.39 is 79.7 Å². The Kier molecular flexibility index (Phi) is 10.00. The molecule has 1 saturated carbocycles. The molecule has 47 heavy (non-hydrogen) atoms. The summed E-state index contributed by atoms with van der Waals surface area (Å²) in [6, 6.07) is 6.01. The number of rotatable bonds is 13. The van der Waals surface area contributed by atoms with Crippen molar-refractivity contribution in [3.63, 3.8) is 0 Å². The summed E-state index contributed by atoms with van der Waals surface area (Å²) in [6.45, 7) is 4.45. The van der Waals surface area contributed by atoms with E-state index in [4.69, 9.17) is 33.5 Å². The average molecular weight is 681 g/mol. The number of hydrogen-bond donors (Lipinski definition) is 2. The molecule has 18 heteroatoms. The fourth-order valence-corrected chi connectivity index (χ4v) is 7.71. The second-order valence-electron chi connectivity index (χ2n) is 12.3. The number of nitrogens with zero attached hydrogens (tertiary/aromatic N) is 4. The van der Waals surface area contributed by atoms with Crippen molar-refractivity contribution in [1.29, 1.82) is 0 Å². The van der Waals surface area contributed by atoms with Crippen molar-refractivity contribution in [2.45, 2.75) is 101 Å². The summed E-state index contributed by atoms with van der Waals surface area (Å²) < 4.78 is 66.9. The van der Waals surface area contributed by atoms with E-state index in [1.54, 1.807) is 32.9 Å². The van der Waals surface area contributed by atoms with E-state index in [1.807, 2.05) is 0 Å². The third-order valence-corrected chi connectivity index (χ3v) is 9.89. The molecule has 3 aliphatic rings. The molecule has 1 aromatic carbocycles. The number of nitrogens with one attached hydrogen (secondary N) is 2. The molecule has 2 aliphatic heterocycles. The van der Waals surface area contributed by atoms with E-state index in [-0.39, 0.29) is 12.3 Å². The first-order valence-electron chi connectivity index (χ1n) is 15.2. The molecule has 1 spiro atoms. The Morgan fingerprint density at radius 3 is 2.53 bits per heavy atom. The lowest BCUT2D eigenvalue weighted by atomic mass is 9.88. The van der Waals surface area contributed by atoms with Crippen LogP contribution >= 0.6 is 7.75 Å². The largest absolute Gasteiger partial charge is 0.462 e. The van der Waals surface area contributed by atoms with Crippen LogP contribution in [0.5, 0.6) is 5.75 Å². The number of carbonyl (C=O) groups excluding carboxylic acids is 1. The molecule has 0 amide bonds. The van der Waals surface area contributed by atoms with Crippen molar-refractivity contribution in [2.75, 3.05) is 13.3 Å². The maximum Gasteiger partial charge on any atom is 0.459 e. The highest BCUT2D eigenvalue weighted by atomic mass is 31.2. The molecule has 2 aromatic rings. The van der Waals surface area contributed by atoms with Gasteiger partial charge in [0.05, 0.1) is 19.3 Å². The molecule has 16 nitrogen and oxygen atoms in total. The maximum absolute atomic E-state index is 15.4. The first-order valence-corrected chi connectivity index (χ1v) is 16.8. The Hall–Kier alpha value is -3.56. The van der Waals surface area contributed by atoms with Crippen molar-refractivity contribution in [2.24, 2.45) is 5.11 Å². The van der Waals surface area contributed by atoms with Crippen LogP contribution in [0.1, 0.15) is 65.2 Å². The number of fused-ring (bicyclic) bond motifs is 1. The van der Waals surface area contributed by atoms with Gasteiger partial charge < -0.3 is 23.5 Å². The number of benzene rings is 1. The maximum atomic E-state index is 15.4. The Labute approximate surface area is 269 Å². The van der Waals surface area contributed by atoms with Crippen LogP contribution in [-0.2, 0) is 39.4 Å². The first-order chi connectivity index (χ1) is 22.3. The third-order valence-electron chi connectivity index (χ3n) is 8.27. The van der Waals surface area contributed by atoms with E-state index in [0.29, 0.717) is 18.4 Å². The number of ether oxygens (including phenoxy) is 4. The molecule has 5 rings (SSSR count). The Morgan fingerprint density at radius 1 is 1.21 bits per heavy atom. The summed E-state index contributed by atoms with van der Waals surface area (Å²) in [5, 5.41) is 6.06. The lowest BCUT2D eigenvalue weighted by molar-refractivity contribution is -0.252. The van der Waals surface area contributed by atoms with E-state index in [1.165, 1.54) is 25.3 Å². The predicted octanol–water partition coefficient (Wildman–Crippen LogP) is 4.16. The molecule has 1 aliphatic carbocycles. The van der Waals surface area contributed by atoms with Gasteiger partial charge in [0.25, 0.3) is 5.56 Å². The summed E-state index contributed by atoms with van der Waals surface area (Å²) in [6.07, 6.45) is 0.928. The molecule has 6 atom stereocenters. The van der Waals surface area contributed by atoms with E-state index in [9.17, 15) is 18.9 Å². The number of halogens is 1. The van der Waals surface area contributed by atoms with E-state index >= 15 is 4.39 Å². The standard InChI is InChI=1S/C29H38FN6O10P/c1-18(2)42-23(38)19(3)34-47(40,45-21-9-7-20(8-10-21)15-32-35-31)41-17-28(16-30)24-27(4,46-29(43-24)12-5-6-13-29)25(44-28)36-14-11-22(37)33-26(36)39/h7-11,14,18-19,24-25H,5-6,12-13,15-17H2,1-4H3,(H,34,40)(H,33,37,39)/t19-,24-,25+,27+,28+,47?/m0/s1. The summed E-state index contributed by atoms with van der Waals surface area (Å²) in [7, 11) is -4.53. The Bertz CT molecular complexity index is 1670. The summed E-state index contributed by atoms with van der Waals surface area (Å²) >= 11 is 0. The molecule has 1 unspecified atom stereocenters. The highest BCUT2D eigenvalue weighted by Gasteiger charge is 2.72. The van der Waals surface area contributed by atoms with Crippen LogP contribution in [-0.4, -0.2) is 64.0 Å². The molecular formula is C29H38FN6O10P. The monoisotopic (exact) mass is 680 g/mol. The fourth-order valence-electron chi connectivity index (χ4n) is 6.17. The summed E-state index contributed by atoms with van der Waals surface area (Å²) in [5.74, 6) is -1.75. The zero-order chi connectivity index (χ0) is 34.0. The minimum absolute atomic E-state index is 0.0597. The van der Waals surface area contributed by atoms with E-state index in [0.717, 1.165) is 23.5 Å². The number of esters is 1. The lowest BCUT2D eigenvalue weighted by Crippen LogP contribution is -2.52. The molecule has 0 radical (unpaired) electrons. The van der Waals surface area contributed by atoms with Crippen molar-refractivity contribution in [3.8, 4) is 5.75 Å². The Morgan fingerprint density at radius 2 is 1.91 bits per heavy atom. The highest BCUT2D eigenvalue weighted by molar-refractivity contribution is 7.52. The number of H-pyrrole nitrogens is 1. The number of alkyl halides is 1. The summed E-state index contributed by atoms with van der Waals surface area (Å²) in [5.41, 5.74) is 4.36. The second-order valence-corrected chi connectivity index (χ2v) is 14.0. The number of aromatic amines is 1. The van der Waals surface area contributed by atoms with Crippen molar-refractivity contribution >= 4 is 13.7 Å². The van der Waals surface area contributed by atoms with Gasteiger partial charge in [0.1, 0.15) is 30.2 Å². The lowest BCUT2D eigenvalue weighted by Gasteiger charge is -2.34. The van der Waals surface area contributed by atoms with Crippen molar-refractivity contribution < 1.29 is 41.7 Å². The van der Waals surface area contributed by atoms with Gasteiger partial charge in [-0.25, -0.2) is 13.8 Å². The quantitative estimate of drug-likeness (QED) is 0.101. The number of aromatic nitrogens is 2. The van der Waals surface area contributed by atoms with Gasteiger partial charge in [-0.15, -0.1) is 0 Å². The topological polar surface area (TPSA) is 205 Å². The van der Waals surface area contributed by atoms with Gasteiger partial charge in [0, 0.05) is 30.0 Å². The molecule has 256 valence electrons. The second kappa shape index (κ2) is 13.5. The molecule has 0 bridgehead atoms. The van der Waals surface area contributed by atoms with Crippen molar-refractivity contribution in [3.05, 3.63) is 73.4 Å². The Balaban J connectivity index is 1.48. The van der Waals surface area contributed by atoms with Gasteiger partial charge in [-0.1, -0.05) is 17.2 Å². The minimum atomic E-state index is -4.53. The summed E-state index contributed by atoms with van der Waals surface area (Å²) in [4.78, 5) is 42.3. The smallest absolute Gasteiger partial charge is 0.459 e. The molecule has 3 heterocycles. The normalized spacial score (nSPS) is 28.0. The predicted molar refractivity (Wildman–Crippen MR) is 163 cm³/mol. The highest BCUT2D eigenvalue weighted by Crippen LogP contribution is 2.59. The average Bonchev–Trinajstić information content (AvgIpc) is 3.66. The van der Waals surface area contributed by atoms with Gasteiger partial charge in [-0.3, -0.25) is 23.7 Å². The van der Waals surface area contributed by atoms with Crippen LogP contribution in [0, 0.1) is 0 Å². The van der Waals surface area contributed by atoms with Crippen LogP contribution in [0.15, 0.2) is 51.2 Å². The van der Waals surface area contributed by atoms with Gasteiger partial charge in [-0.2, -0.15) is 5.09 Å². The van der Waals surface area contributed by atoms with E-state index in [2.05, 4.69) is 20.1 Å². The van der Waals surface area contributed by atoms with Gasteiger partial charge >= 0.3 is 19.4 Å². The number of azide groups is 1. The zero-order valence-electron chi connectivity index (χ0n) is 26.4. The van der Waals surface area contributed by atoms with Crippen LogP contribution in [0.25, 0.3) is 10.4 Å². The first kappa shape index (κ1) is 34.8. The van der Waals surface area contributed by atoms with Crippen LogP contribution in [0.4, 0.5) is 4.39 Å². The van der Waals surface area contributed by atoms with Crippen molar-refractivity contribution in [1.82, 2.24) is 14.6 Å². The van der Waals surface area contributed by atoms with Gasteiger partial charge in [-0.05, 0) is 63.8 Å². The minimum Gasteiger partial charge on any atom is -0.462 e. The molecule has 1 aromatic heterocycles. The van der Waals surface area contributed by atoms with Crippen LogP contribution < -0.4 is 20.9 Å². The SMILES string of the molecule is CC(C)OC(=O)[C@H](C)NP(=O)(OC[C@@]1(CF)O[C@@H](n2ccc(=O)[nH]c2=O)[C@]2(C)OC3(CCCC3)O[C@H]12)Oc1ccc(CN=[N+]=[N-])cc1. The molecule has 2 saturated heterocycles. The van der Waals surface area contributed by atoms with Crippen LogP contribution in [0.2, 0.25) is 0 Å². The zero-order valence-corrected chi connectivity index (χ0v) is 27.3. The third kappa shape index (κ3) is 7.16. The van der Waals surface area contributed by atoms with Gasteiger partial charge in [0.15, 0.2) is 17.6 Å².